The van der Waals surface area contributed by atoms with Crippen LogP contribution in [0.25, 0.3) is 0 Å². The first-order valence-corrected chi connectivity index (χ1v) is 7.21. The maximum atomic E-state index is 14.1. The number of halogens is 1. The first-order chi connectivity index (χ1) is 9.15. The molecule has 0 saturated carbocycles. The second kappa shape index (κ2) is 8.16. The zero-order chi connectivity index (χ0) is 14.3. The Kier molecular flexibility index (Phi) is 6.85. The molecule has 0 amide bonds. The molecular weight excluding hydrogens is 241 g/mol. The van der Waals surface area contributed by atoms with Crippen molar-refractivity contribution in [3.63, 3.8) is 0 Å². The molecule has 2 atom stereocenters. The van der Waals surface area contributed by atoms with E-state index in [0.717, 1.165) is 25.8 Å². The summed E-state index contributed by atoms with van der Waals surface area (Å²) in [6, 6.07) is 5.32. The Morgan fingerprint density at radius 1 is 1.26 bits per heavy atom. The maximum absolute atomic E-state index is 14.1. The Labute approximate surface area is 116 Å². The van der Waals surface area contributed by atoms with Gasteiger partial charge in [0.15, 0.2) is 0 Å². The second-order valence-corrected chi connectivity index (χ2v) is 4.99. The SMILES string of the molecule is CCCNC(CCC)C(C)c1c(F)cccc1OC. The molecule has 0 radical (unpaired) electrons. The standard InChI is InChI=1S/C16H26FNO/c1-5-8-14(18-11-6-2)12(3)16-13(17)9-7-10-15(16)19-4/h7,9-10,12,14,18H,5-6,8,11H2,1-4H3. The van der Waals surface area contributed by atoms with E-state index in [0.29, 0.717) is 11.3 Å². The lowest BCUT2D eigenvalue weighted by Crippen LogP contribution is -2.34. The van der Waals surface area contributed by atoms with Crippen LogP contribution in [0.2, 0.25) is 0 Å². The molecule has 0 aliphatic carbocycles. The lowest BCUT2D eigenvalue weighted by atomic mass is 9.89. The Hall–Kier alpha value is -1.09. The third kappa shape index (κ3) is 4.20. The summed E-state index contributed by atoms with van der Waals surface area (Å²) in [5, 5.41) is 3.52. The van der Waals surface area contributed by atoms with Crippen LogP contribution in [0.15, 0.2) is 18.2 Å². The van der Waals surface area contributed by atoms with E-state index in [1.807, 2.05) is 6.07 Å². The van der Waals surface area contributed by atoms with Gasteiger partial charge in [0.05, 0.1) is 7.11 Å². The average molecular weight is 267 g/mol. The zero-order valence-corrected chi connectivity index (χ0v) is 12.5. The molecule has 0 saturated heterocycles. The summed E-state index contributed by atoms with van der Waals surface area (Å²) >= 11 is 0. The smallest absolute Gasteiger partial charge is 0.130 e. The summed E-state index contributed by atoms with van der Waals surface area (Å²) in [5.74, 6) is 0.570. The van der Waals surface area contributed by atoms with E-state index in [9.17, 15) is 4.39 Å². The number of rotatable bonds is 8. The van der Waals surface area contributed by atoms with Gasteiger partial charge in [-0.2, -0.15) is 0 Å². The minimum Gasteiger partial charge on any atom is -0.496 e. The third-order valence-electron chi connectivity index (χ3n) is 3.55. The maximum Gasteiger partial charge on any atom is 0.130 e. The number of hydrogen-bond acceptors (Lipinski definition) is 2. The van der Waals surface area contributed by atoms with Crippen LogP contribution in [0.1, 0.15) is 51.5 Å². The van der Waals surface area contributed by atoms with Gasteiger partial charge in [-0.1, -0.05) is 33.3 Å². The summed E-state index contributed by atoms with van der Waals surface area (Å²) < 4.78 is 19.4. The number of nitrogens with one attached hydrogen (secondary N) is 1. The van der Waals surface area contributed by atoms with E-state index >= 15 is 0 Å². The van der Waals surface area contributed by atoms with Crippen molar-refractivity contribution in [1.29, 1.82) is 0 Å². The molecule has 1 rings (SSSR count). The van der Waals surface area contributed by atoms with Crippen molar-refractivity contribution in [2.75, 3.05) is 13.7 Å². The van der Waals surface area contributed by atoms with Crippen molar-refractivity contribution in [1.82, 2.24) is 5.32 Å². The summed E-state index contributed by atoms with van der Waals surface area (Å²) in [4.78, 5) is 0. The highest BCUT2D eigenvalue weighted by Crippen LogP contribution is 2.32. The molecule has 0 heterocycles. The summed E-state index contributed by atoms with van der Waals surface area (Å²) in [6.45, 7) is 7.34. The van der Waals surface area contributed by atoms with E-state index in [4.69, 9.17) is 4.74 Å². The van der Waals surface area contributed by atoms with E-state index in [1.54, 1.807) is 13.2 Å². The van der Waals surface area contributed by atoms with Gasteiger partial charge in [-0.25, -0.2) is 4.39 Å². The molecule has 3 heteroatoms. The van der Waals surface area contributed by atoms with Crippen LogP contribution in [0, 0.1) is 5.82 Å². The highest BCUT2D eigenvalue weighted by atomic mass is 19.1. The fraction of sp³-hybridized carbons (Fsp3) is 0.625. The Morgan fingerprint density at radius 3 is 2.58 bits per heavy atom. The monoisotopic (exact) mass is 267 g/mol. The normalized spacial score (nSPS) is 14.2. The van der Waals surface area contributed by atoms with Gasteiger partial charge in [-0.3, -0.25) is 0 Å². The number of benzene rings is 1. The minimum absolute atomic E-state index is 0.0997. The molecule has 0 fully saturated rings. The molecule has 1 aromatic carbocycles. The molecule has 0 aliphatic heterocycles. The molecule has 2 unspecified atom stereocenters. The van der Waals surface area contributed by atoms with E-state index in [-0.39, 0.29) is 17.8 Å². The van der Waals surface area contributed by atoms with Crippen LogP contribution in [0.4, 0.5) is 4.39 Å². The second-order valence-electron chi connectivity index (χ2n) is 4.99. The molecule has 0 spiro atoms. The van der Waals surface area contributed by atoms with Crippen molar-refractivity contribution in [3.05, 3.63) is 29.6 Å². The van der Waals surface area contributed by atoms with Crippen molar-refractivity contribution >= 4 is 0 Å². The predicted molar refractivity (Wildman–Crippen MR) is 78.4 cm³/mol. The number of ether oxygens (including phenoxy) is 1. The van der Waals surface area contributed by atoms with Gasteiger partial charge in [-0.15, -0.1) is 0 Å². The molecule has 1 aromatic rings. The molecule has 0 aromatic heterocycles. The quantitative estimate of drug-likeness (QED) is 0.765. The summed E-state index contributed by atoms with van der Waals surface area (Å²) in [5.41, 5.74) is 0.687. The Morgan fingerprint density at radius 2 is 2.00 bits per heavy atom. The van der Waals surface area contributed by atoms with Crippen molar-refractivity contribution in [2.45, 2.75) is 52.0 Å². The van der Waals surface area contributed by atoms with Crippen LogP contribution in [0.5, 0.6) is 5.75 Å². The fourth-order valence-electron chi connectivity index (χ4n) is 2.51. The van der Waals surface area contributed by atoms with Gasteiger partial charge in [0.25, 0.3) is 0 Å². The first kappa shape index (κ1) is 16.0. The Balaban J connectivity index is 2.97. The van der Waals surface area contributed by atoms with Gasteiger partial charge >= 0.3 is 0 Å². The number of hydrogen-bond donors (Lipinski definition) is 1. The summed E-state index contributed by atoms with van der Waals surface area (Å²) in [6.07, 6.45) is 3.21. The van der Waals surface area contributed by atoms with Crippen LogP contribution in [0.3, 0.4) is 0 Å². The van der Waals surface area contributed by atoms with Gasteiger partial charge in [-0.05, 0) is 31.5 Å². The molecule has 0 aliphatic rings. The first-order valence-electron chi connectivity index (χ1n) is 7.21. The van der Waals surface area contributed by atoms with E-state index < -0.39 is 0 Å². The van der Waals surface area contributed by atoms with Crippen LogP contribution < -0.4 is 10.1 Å². The lowest BCUT2D eigenvalue weighted by molar-refractivity contribution is 0.373. The lowest BCUT2D eigenvalue weighted by Gasteiger charge is -2.27. The fourth-order valence-corrected chi connectivity index (χ4v) is 2.51. The third-order valence-corrected chi connectivity index (χ3v) is 3.55. The largest absolute Gasteiger partial charge is 0.496 e. The molecule has 2 nitrogen and oxygen atoms in total. The van der Waals surface area contributed by atoms with Gasteiger partial charge < -0.3 is 10.1 Å². The van der Waals surface area contributed by atoms with Gasteiger partial charge in [0.2, 0.25) is 0 Å². The molecule has 19 heavy (non-hydrogen) atoms. The molecule has 108 valence electrons. The minimum atomic E-state index is -0.175. The van der Waals surface area contributed by atoms with Crippen molar-refractivity contribution in [2.24, 2.45) is 0 Å². The molecular formula is C16H26FNO. The van der Waals surface area contributed by atoms with Crippen LogP contribution in [-0.4, -0.2) is 19.7 Å². The molecule has 0 bridgehead atoms. The summed E-state index contributed by atoms with van der Waals surface area (Å²) in [7, 11) is 1.60. The molecule has 1 N–H and O–H groups in total. The van der Waals surface area contributed by atoms with E-state index in [1.165, 1.54) is 6.07 Å². The van der Waals surface area contributed by atoms with Gasteiger partial charge in [0, 0.05) is 17.5 Å². The zero-order valence-electron chi connectivity index (χ0n) is 12.5. The highest BCUT2D eigenvalue weighted by molar-refractivity contribution is 5.38. The Bertz CT molecular complexity index is 381. The topological polar surface area (TPSA) is 21.3 Å². The average Bonchev–Trinajstić information content (AvgIpc) is 2.42. The van der Waals surface area contributed by atoms with Crippen molar-refractivity contribution in [3.8, 4) is 5.75 Å². The van der Waals surface area contributed by atoms with Crippen LogP contribution in [-0.2, 0) is 0 Å². The van der Waals surface area contributed by atoms with Crippen LogP contribution >= 0.6 is 0 Å². The van der Waals surface area contributed by atoms with Crippen molar-refractivity contribution < 1.29 is 9.13 Å². The number of methoxy groups -OCH3 is 1. The highest BCUT2D eigenvalue weighted by Gasteiger charge is 2.23. The predicted octanol–water partition coefficient (Wildman–Crippen LogP) is 4.11. The van der Waals surface area contributed by atoms with Gasteiger partial charge in [0.1, 0.15) is 11.6 Å². The van der Waals surface area contributed by atoms with E-state index in [2.05, 4.69) is 26.1 Å².